The molecular formula is C15H19BrClN3O. The second kappa shape index (κ2) is 6.53. The third-order valence-electron chi connectivity index (χ3n) is 4.35. The van der Waals surface area contributed by atoms with E-state index in [1.165, 1.54) is 6.42 Å². The Bertz CT molecular complexity index is 536. The number of rotatable bonds is 2. The standard InChI is InChI=1S/C15H19BrClN3O/c16-13-9-12(17)10-18-14(13)19-5-2-6-20(8-7-19)15(21)11-3-1-4-11/h9-11H,1-8H2. The fourth-order valence-electron chi connectivity index (χ4n) is 2.90. The van der Waals surface area contributed by atoms with Crippen LogP contribution >= 0.6 is 27.5 Å². The van der Waals surface area contributed by atoms with Crippen LogP contribution in [0, 0.1) is 5.92 Å². The number of amides is 1. The summed E-state index contributed by atoms with van der Waals surface area (Å²) in [5.74, 6) is 1.56. The summed E-state index contributed by atoms with van der Waals surface area (Å²) in [6.07, 6.45) is 6.00. The molecule has 0 spiro atoms. The molecule has 0 bridgehead atoms. The number of hydrogen-bond donors (Lipinski definition) is 0. The van der Waals surface area contributed by atoms with E-state index in [0.29, 0.717) is 10.9 Å². The highest BCUT2D eigenvalue weighted by Gasteiger charge is 2.30. The molecule has 1 saturated carbocycles. The van der Waals surface area contributed by atoms with E-state index in [0.717, 1.165) is 55.7 Å². The van der Waals surface area contributed by atoms with Crippen molar-refractivity contribution >= 4 is 39.3 Å². The lowest BCUT2D eigenvalue weighted by atomic mass is 9.84. The van der Waals surface area contributed by atoms with Crippen molar-refractivity contribution in [2.24, 2.45) is 5.92 Å². The zero-order valence-electron chi connectivity index (χ0n) is 11.9. The van der Waals surface area contributed by atoms with Crippen LogP contribution in [0.4, 0.5) is 5.82 Å². The summed E-state index contributed by atoms with van der Waals surface area (Å²) in [5.41, 5.74) is 0. The minimum Gasteiger partial charge on any atom is -0.354 e. The topological polar surface area (TPSA) is 36.4 Å². The number of aromatic nitrogens is 1. The maximum Gasteiger partial charge on any atom is 0.225 e. The summed E-state index contributed by atoms with van der Waals surface area (Å²) in [7, 11) is 0. The van der Waals surface area contributed by atoms with Gasteiger partial charge < -0.3 is 9.80 Å². The van der Waals surface area contributed by atoms with Crippen molar-refractivity contribution in [2.75, 3.05) is 31.1 Å². The van der Waals surface area contributed by atoms with Crippen molar-refractivity contribution in [3.05, 3.63) is 21.8 Å². The molecule has 0 radical (unpaired) electrons. The van der Waals surface area contributed by atoms with Gasteiger partial charge in [0.2, 0.25) is 5.91 Å². The van der Waals surface area contributed by atoms with E-state index in [4.69, 9.17) is 11.6 Å². The van der Waals surface area contributed by atoms with Gasteiger partial charge in [0.15, 0.2) is 0 Å². The average molecular weight is 373 g/mol. The van der Waals surface area contributed by atoms with Gasteiger partial charge in [-0.25, -0.2) is 4.98 Å². The van der Waals surface area contributed by atoms with Crippen molar-refractivity contribution in [1.82, 2.24) is 9.88 Å². The van der Waals surface area contributed by atoms with Gasteiger partial charge >= 0.3 is 0 Å². The van der Waals surface area contributed by atoms with Crippen molar-refractivity contribution in [2.45, 2.75) is 25.7 Å². The van der Waals surface area contributed by atoms with E-state index in [-0.39, 0.29) is 5.92 Å². The molecule has 4 nitrogen and oxygen atoms in total. The van der Waals surface area contributed by atoms with Crippen LogP contribution in [0.2, 0.25) is 5.02 Å². The quantitative estimate of drug-likeness (QED) is 0.799. The first-order chi connectivity index (χ1) is 10.1. The van der Waals surface area contributed by atoms with Crippen molar-refractivity contribution < 1.29 is 4.79 Å². The van der Waals surface area contributed by atoms with Crippen LogP contribution in [0.25, 0.3) is 0 Å². The Labute approximate surface area is 138 Å². The number of hydrogen-bond acceptors (Lipinski definition) is 3. The van der Waals surface area contributed by atoms with Gasteiger partial charge in [0.05, 0.1) is 9.50 Å². The van der Waals surface area contributed by atoms with E-state index in [1.54, 1.807) is 6.20 Å². The number of carbonyl (C=O) groups excluding carboxylic acids is 1. The molecule has 1 amide bonds. The van der Waals surface area contributed by atoms with Crippen LogP contribution in [0.3, 0.4) is 0 Å². The molecule has 1 aromatic rings. The predicted octanol–water partition coefficient (Wildman–Crippen LogP) is 3.34. The largest absolute Gasteiger partial charge is 0.354 e. The molecule has 114 valence electrons. The van der Waals surface area contributed by atoms with Crippen LogP contribution in [0.15, 0.2) is 16.7 Å². The number of pyridine rings is 1. The van der Waals surface area contributed by atoms with E-state index < -0.39 is 0 Å². The molecule has 0 N–H and O–H groups in total. The Kier molecular flexibility index (Phi) is 4.69. The fraction of sp³-hybridized carbons (Fsp3) is 0.600. The zero-order valence-corrected chi connectivity index (χ0v) is 14.2. The molecule has 1 aliphatic carbocycles. The molecule has 1 aliphatic heterocycles. The second-order valence-corrected chi connectivity index (χ2v) is 7.04. The smallest absolute Gasteiger partial charge is 0.225 e. The molecule has 2 fully saturated rings. The average Bonchev–Trinajstić information content (AvgIpc) is 2.62. The highest BCUT2D eigenvalue weighted by Crippen LogP contribution is 2.30. The minimum atomic E-state index is 0.289. The monoisotopic (exact) mass is 371 g/mol. The number of halogens is 2. The van der Waals surface area contributed by atoms with Crippen molar-refractivity contribution in [3.8, 4) is 0 Å². The van der Waals surface area contributed by atoms with Gasteiger partial charge in [-0.3, -0.25) is 4.79 Å². The Morgan fingerprint density at radius 3 is 2.71 bits per heavy atom. The Morgan fingerprint density at radius 1 is 1.24 bits per heavy atom. The molecule has 1 saturated heterocycles. The van der Waals surface area contributed by atoms with Gasteiger partial charge in [-0.15, -0.1) is 0 Å². The van der Waals surface area contributed by atoms with Crippen molar-refractivity contribution in [1.29, 1.82) is 0 Å². The highest BCUT2D eigenvalue weighted by molar-refractivity contribution is 9.10. The molecule has 0 atom stereocenters. The Hall–Kier alpha value is -0.810. The minimum absolute atomic E-state index is 0.289. The molecule has 1 aromatic heterocycles. The SMILES string of the molecule is O=C(C1CCC1)N1CCCN(c2ncc(Cl)cc2Br)CC1. The third kappa shape index (κ3) is 3.34. The normalized spacial score (nSPS) is 20.1. The highest BCUT2D eigenvalue weighted by atomic mass is 79.9. The van der Waals surface area contributed by atoms with Gasteiger partial charge in [-0.1, -0.05) is 18.0 Å². The summed E-state index contributed by atoms with van der Waals surface area (Å²) in [4.78, 5) is 21.0. The van der Waals surface area contributed by atoms with Crippen LogP contribution in [-0.4, -0.2) is 42.0 Å². The predicted molar refractivity (Wildman–Crippen MR) is 87.7 cm³/mol. The lowest BCUT2D eigenvalue weighted by molar-refractivity contribution is -0.137. The van der Waals surface area contributed by atoms with Crippen molar-refractivity contribution in [3.63, 3.8) is 0 Å². The van der Waals surface area contributed by atoms with Gasteiger partial charge in [0, 0.05) is 38.3 Å². The fourth-order valence-corrected chi connectivity index (χ4v) is 3.79. The first kappa shape index (κ1) is 15.1. The molecular weight excluding hydrogens is 354 g/mol. The molecule has 0 aromatic carbocycles. The van der Waals surface area contributed by atoms with Crippen LogP contribution in [0.1, 0.15) is 25.7 Å². The van der Waals surface area contributed by atoms with Gasteiger partial charge in [0.25, 0.3) is 0 Å². The second-order valence-electron chi connectivity index (χ2n) is 5.75. The number of carbonyl (C=O) groups is 1. The van der Waals surface area contributed by atoms with E-state index in [1.807, 2.05) is 11.0 Å². The van der Waals surface area contributed by atoms with E-state index in [2.05, 4.69) is 25.8 Å². The maximum atomic E-state index is 12.4. The van der Waals surface area contributed by atoms with Gasteiger partial charge in [-0.2, -0.15) is 0 Å². The summed E-state index contributed by atoms with van der Waals surface area (Å²) < 4.78 is 0.911. The molecule has 3 rings (SSSR count). The molecule has 2 heterocycles. The lowest BCUT2D eigenvalue weighted by Crippen LogP contribution is -2.41. The van der Waals surface area contributed by atoms with Crippen LogP contribution in [-0.2, 0) is 4.79 Å². The van der Waals surface area contributed by atoms with E-state index in [9.17, 15) is 4.79 Å². The summed E-state index contributed by atoms with van der Waals surface area (Å²) in [6, 6.07) is 1.87. The molecule has 6 heteroatoms. The Balaban J connectivity index is 1.66. The zero-order chi connectivity index (χ0) is 14.8. The van der Waals surface area contributed by atoms with E-state index >= 15 is 0 Å². The maximum absolute atomic E-state index is 12.4. The van der Waals surface area contributed by atoms with Gasteiger partial charge in [-0.05, 0) is 41.3 Å². The molecule has 2 aliphatic rings. The Morgan fingerprint density at radius 2 is 2.05 bits per heavy atom. The summed E-state index contributed by atoms with van der Waals surface area (Å²) >= 11 is 9.47. The van der Waals surface area contributed by atoms with Crippen LogP contribution < -0.4 is 4.90 Å². The van der Waals surface area contributed by atoms with Gasteiger partial charge in [0.1, 0.15) is 5.82 Å². The third-order valence-corrected chi connectivity index (χ3v) is 5.14. The molecule has 21 heavy (non-hydrogen) atoms. The van der Waals surface area contributed by atoms with Crippen LogP contribution in [0.5, 0.6) is 0 Å². The first-order valence-electron chi connectivity index (χ1n) is 7.50. The first-order valence-corrected chi connectivity index (χ1v) is 8.67. The number of anilines is 1. The summed E-state index contributed by atoms with van der Waals surface area (Å²) in [5, 5.41) is 0.627. The summed E-state index contributed by atoms with van der Waals surface area (Å²) in [6.45, 7) is 3.39. The molecule has 0 unspecified atom stereocenters. The lowest BCUT2D eigenvalue weighted by Gasteiger charge is -2.31. The number of nitrogens with zero attached hydrogens (tertiary/aromatic N) is 3.